The van der Waals surface area contributed by atoms with Crippen molar-refractivity contribution in [3.63, 3.8) is 0 Å². The van der Waals surface area contributed by atoms with E-state index in [0.717, 1.165) is 0 Å². The van der Waals surface area contributed by atoms with E-state index in [-0.39, 0.29) is 72.6 Å². The van der Waals surface area contributed by atoms with Gasteiger partial charge in [0.2, 0.25) is 0 Å². The van der Waals surface area contributed by atoms with Gasteiger partial charge in [-0.3, -0.25) is 0 Å². The van der Waals surface area contributed by atoms with Crippen molar-refractivity contribution in [2.24, 2.45) is 0 Å². The fourth-order valence-electron chi connectivity index (χ4n) is 12.8. The first kappa shape index (κ1) is 82.1. The number of rotatable bonds is 24. The van der Waals surface area contributed by atoms with E-state index in [9.17, 15) is 81.7 Å². The topological polar surface area (TPSA) is 494 Å². The molecular weight excluding hydrogens is 1440 g/mol. The molecule has 4 aliphatic heterocycles. The fraction of sp³-hybridized carbons (Fsp3) is 0.588. The van der Waals surface area contributed by atoms with Crippen LogP contribution in [0.1, 0.15) is 97.9 Å². The lowest BCUT2D eigenvalue weighted by atomic mass is 9.90. The average Bonchev–Trinajstić information content (AvgIpc) is 0.766. The minimum absolute atomic E-state index is 0.00318. The Morgan fingerprint density at radius 3 is 0.635 bits per heavy atom. The highest BCUT2D eigenvalue weighted by Gasteiger charge is 2.48. The Morgan fingerprint density at radius 1 is 0.308 bits per heavy atom. The van der Waals surface area contributed by atoms with Crippen LogP contribution in [0.4, 0.5) is 22.7 Å². The third kappa shape index (κ3) is 19.7. The Kier molecular flexibility index (Phi) is 29.8. The maximum absolute atomic E-state index is 11.1. The van der Waals surface area contributed by atoms with Gasteiger partial charge in [0.25, 0.3) is 0 Å². The molecule has 36 heteroatoms. The molecule has 0 unspecified atom stereocenters. The monoisotopic (exact) mass is 1540 g/mol. The average molecular weight is 1540 g/mol. The van der Waals surface area contributed by atoms with E-state index in [1.54, 1.807) is 48.5 Å². The second-order valence-electron chi connectivity index (χ2n) is 26.0. The first-order chi connectivity index (χ1) is 49.8. The van der Waals surface area contributed by atoms with Gasteiger partial charge in [0, 0.05) is 92.9 Å². The van der Waals surface area contributed by atoms with Gasteiger partial charge in [-0.2, -0.15) is 0 Å². The van der Waals surface area contributed by atoms with Crippen LogP contribution in [0.3, 0.4) is 0 Å². The summed E-state index contributed by atoms with van der Waals surface area (Å²) in [5, 5.41) is 194. The molecule has 32 nitrogen and oxygen atoms in total. The smallest absolute Gasteiger partial charge is 0.172 e. The number of fused-ring (bicyclic) bond motifs is 8. The molecule has 8 bridgehead atoms. The Morgan fingerprint density at radius 2 is 0.481 bits per heavy atom. The third-order valence-electron chi connectivity index (χ3n) is 18.0. The van der Waals surface area contributed by atoms with E-state index in [1.807, 2.05) is 27.7 Å². The molecule has 24 N–H and O–H groups in total. The number of hydrogen-bond acceptors (Lipinski definition) is 28. The summed E-state index contributed by atoms with van der Waals surface area (Å²) in [6, 6.07) is 14.3. The summed E-state index contributed by atoms with van der Waals surface area (Å²) in [4.78, 5) is 0. The van der Waals surface area contributed by atoms with Crippen molar-refractivity contribution in [1.29, 1.82) is 0 Å². The van der Waals surface area contributed by atoms with Crippen molar-refractivity contribution in [3.8, 4) is 23.0 Å². The number of anilines is 4. The minimum atomic E-state index is -1.74. The van der Waals surface area contributed by atoms with E-state index < -0.39 is 149 Å². The van der Waals surface area contributed by atoms with Crippen molar-refractivity contribution in [1.82, 2.24) is 21.3 Å². The summed E-state index contributed by atoms with van der Waals surface area (Å²) < 4.78 is 50.7. The second-order valence-corrected chi connectivity index (χ2v) is 27.6. The highest BCUT2D eigenvalue weighted by atomic mass is 32.1. The number of hydrogen-bond donors (Lipinski definition) is 24. The third-order valence-corrected chi connectivity index (χ3v) is 18.9. The molecular formula is C68H96N8O24S4. The fourth-order valence-corrected chi connectivity index (χ4v) is 13.7. The lowest BCUT2D eigenvalue weighted by Gasteiger charge is -2.40. The summed E-state index contributed by atoms with van der Waals surface area (Å²) >= 11 is 23.6. The quantitative estimate of drug-likeness (QED) is 0.0293. The van der Waals surface area contributed by atoms with Crippen LogP contribution < -0.4 is 61.5 Å². The van der Waals surface area contributed by atoms with Crippen molar-refractivity contribution in [2.75, 3.05) is 74.1 Å². The van der Waals surface area contributed by atoms with Gasteiger partial charge in [0.1, 0.15) is 121 Å². The predicted molar refractivity (Wildman–Crippen MR) is 393 cm³/mol. The zero-order chi connectivity index (χ0) is 75.4. The Bertz CT molecular complexity index is 3040. The molecule has 0 spiro atoms. The molecule has 0 aromatic heterocycles. The number of ether oxygens (including phenoxy) is 8. The summed E-state index contributed by atoms with van der Waals surface area (Å²) in [6.45, 7) is 5.73. The van der Waals surface area contributed by atoms with E-state index >= 15 is 0 Å². The van der Waals surface area contributed by atoms with Gasteiger partial charge in [-0.15, -0.1) is 0 Å². The highest BCUT2D eigenvalue weighted by Crippen LogP contribution is 2.44. The molecule has 4 saturated heterocycles. The van der Waals surface area contributed by atoms with Gasteiger partial charge < -0.3 is 162 Å². The maximum Gasteiger partial charge on any atom is 0.172 e. The van der Waals surface area contributed by atoms with Gasteiger partial charge in [0.15, 0.2) is 45.4 Å². The number of aliphatic hydroxyl groups excluding tert-OH is 16. The van der Waals surface area contributed by atoms with Crippen LogP contribution in [-0.2, 0) is 44.6 Å². The Hall–Kier alpha value is -5.96. The lowest BCUT2D eigenvalue weighted by Crippen LogP contribution is -2.63. The van der Waals surface area contributed by atoms with Crippen molar-refractivity contribution in [3.05, 3.63) is 93.0 Å². The van der Waals surface area contributed by atoms with Gasteiger partial charge in [-0.05, 0) is 123 Å². The van der Waals surface area contributed by atoms with Crippen LogP contribution in [0.2, 0.25) is 0 Å². The highest BCUT2D eigenvalue weighted by molar-refractivity contribution is 7.81. The van der Waals surface area contributed by atoms with Crippen LogP contribution in [0.5, 0.6) is 23.0 Å². The van der Waals surface area contributed by atoms with E-state index in [4.69, 9.17) is 86.8 Å². The SMILES string of the molecule is CCCOc1c2cc(NC(=S)N[C@@H]3O[C@H](CO)[C@@H](O)[C@H](O)[C@H]3O)cc1Cc1cc(NC(=S)N[C@@H]3O[C@H](CO)[C@@H](O)[C@H](O)[C@H]3O)cc(c1OCCC)Cc1cc(NC(=S)N[C@@H]3O[C@H](CO)[C@@H](O)[C@H](O)[C@H]3O)cc(c1OCCC)Cc1cc(NC(=S)N[C@@H]3O[C@H](CO)[C@@H](O)[C@H](O)[C@H]3O)cc(c1OCCC)C2. The zero-order valence-electron chi connectivity index (χ0n) is 57.5. The summed E-state index contributed by atoms with van der Waals surface area (Å²) in [6.07, 6.45) is -29.2. The van der Waals surface area contributed by atoms with Gasteiger partial charge in [0.05, 0.1) is 52.9 Å². The number of aliphatic hydroxyl groups is 16. The molecule has 0 amide bonds. The summed E-state index contributed by atoms with van der Waals surface area (Å²) in [5.41, 5.74) is 5.64. The van der Waals surface area contributed by atoms with Gasteiger partial charge in [-0.25, -0.2) is 0 Å². The van der Waals surface area contributed by atoms with Crippen LogP contribution in [-0.4, -0.2) is 278 Å². The molecule has 576 valence electrons. The van der Waals surface area contributed by atoms with E-state index in [1.165, 1.54) is 0 Å². The molecule has 4 aromatic carbocycles. The zero-order valence-corrected chi connectivity index (χ0v) is 60.8. The van der Waals surface area contributed by atoms with Gasteiger partial charge >= 0.3 is 0 Å². The Labute approximate surface area is 621 Å². The number of nitrogens with one attached hydrogen (secondary N) is 8. The standard InChI is InChI=1S/C68H96N8O24S4/c1-5-9-93-57-29-13-31-19-38(70-66(102)74-62-54(90)50(86)46(82)42(26-78)98-62)21-33(58(31)94-10-6-2)15-35-23-40(72-68(104)76-64-56(92)52(88)48(84)44(28-80)100-64)24-36(60(35)96-12-8-4)16-34-22-39(71-67(103)75-63-55(91)51(87)47(83)43(27-79)99-63)20-32(59(34)95-11-7-3)14-30(57)18-37(17-29)69-65(101)73-61-53(89)49(85)45(81)41(25-77)97-61/h17-24,41-56,61-64,77-92H,5-16,25-28H2,1-4H3,(H2,69,73,101)(H2,70,74,102)(H2,71,75,103)(H2,72,76,104)/t41-,42-,43-,44-,45-,46-,47-,48-,49+,50+,51+,52+,53-,54-,55-,56-,61-,62-,63-,64-/m1/s1. The summed E-state index contributed by atoms with van der Waals surface area (Å²) in [7, 11) is 0. The molecule has 5 aliphatic rings. The molecule has 4 fully saturated rings. The number of thiocarbonyl (C=S) groups is 4. The van der Waals surface area contributed by atoms with Crippen LogP contribution in [0.25, 0.3) is 0 Å². The molecule has 104 heavy (non-hydrogen) atoms. The van der Waals surface area contributed by atoms with Crippen LogP contribution >= 0.6 is 48.9 Å². The van der Waals surface area contributed by atoms with Crippen molar-refractivity contribution in [2.45, 2.75) is 202 Å². The lowest BCUT2D eigenvalue weighted by molar-refractivity contribution is -0.232. The predicted octanol–water partition coefficient (Wildman–Crippen LogP) is -2.14. The molecule has 0 saturated carbocycles. The molecule has 20 atom stereocenters. The molecule has 0 radical (unpaired) electrons. The van der Waals surface area contributed by atoms with E-state index in [2.05, 4.69) is 42.5 Å². The van der Waals surface area contributed by atoms with Crippen LogP contribution in [0, 0.1) is 0 Å². The van der Waals surface area contributed by atoms with Crippen LogP contribution in [0.15, 0.2) is 48.5 Å². The maximum atomic E-state index is 11.1. The molecule has 1 aliphatic carbocycles. The Balaban J connectivity index is 1.28. The minimum Gasteiger partial charge on any atom is -0.493 e. The second kappa shape index (κ2) is 37.7. The van der Waals surface area contributed by atoms with Crippen molar-refractivity contribution >= 4 is 92.1 Å². The molecule has 4 aromatic rings. The first-order valence-electron chi connectivity index (χ1n) is 34.4. The molecule has 9 rings (SSSR count). The molecule has 4 heterocycles. The normalized spacial score (nSPS) is 29.7. The number of benzene rings is 4. The van der Waals surface area contributed by atoms with Gasteiger partial charge in [-0.1, -0.05) is 27.7 Å². The first-order valence-corrected chi connectivity index (χ1v) is 36.1. The summed E-state index contributed by atoms with van der Waals surface area (Å²) in [5.74, 6) is 1.63. The van der Waals surface area contributed by atoms with E-state index in [0.29, 0.717) is 116 Å². The largest absolute Gasteiger partial charge is 0.493 e. The van der Waals surface area contributed by atoms with Crippen molar-refractivity contribution < 1.29 is 120 Å².